The number of nitrogens with one attached hydrogen (secondary N) is 1. The van der Waals surface area contributed by atoms with Crippen LogP contribution in [-0.2, 0) is 4.74 Å². The van der Waals surface area contributed by atoms with Crippen molar-refractivity contribution < 1.29 is 9.84 Å². The van der Waals surface area contributed by atoms with Gasteiger partial charge in [-0.15, -0.1) is 0 Å². The van der Waals surface area contributed by atoms with Crippen LogP contribution in [-0.4, -0.2) is 38.0 Å². The summed E-state index contributed by atoms with van der Waals surface area (Å²) < 4.78 is 5.37. The molecule has 3 nitrogen and oxygen atoms in total. The van der Waals surface area contributed by atoms with E-state index in [1.807, 2.05) is 0 Å². The normalized spacial score (nSPS) is 28.2. The molecule has 1 aliphatic carbocycles. The molecule has 0 bridgehead atoms. The number of rotatable bonds is 5. The Labute approximate surface area is 104 Å². The van der Waals surface area contributed by atoms with Gasteiger partial charge in [0.25, 0.3) is 0 Å². The highest BCUT2D eigenvalue weighted by molar-refractivity contribution is 4.91. The maximum atomic E-state index is 9.57. The molecule has 3 heteroatoms. The van der Waals surface area contributed by atoms with E-state index >= 15 is 0 Å². The van der Waals surface area contributed by atoms with Crippen molar-refractivity contribution in [3.05, 3.63) is 12.2 Å². The van der Waals surface area contributed by atoms with Gasteiger partial charge in [-0.3, -0.25) is 0 Å². The van der Waals surface area contributed by atoms with Gasteiger partial charge in [0.15, 0.2) is 0 Å². The van der Waals surface area contributed by atoms with Gasteiger partial charge in [0.05, 0.1) is 6.61 Å². The highest BCUT2D eigenvalue weighted by atomic mass is 16.5. The van der Waals surface area contributed by atoms with E-state index in [0.29, 0.717) is 0 Å². The number of ether oxygens (including phenoxy) is 1. The fourth-order valence-corrected chi connectivity index (χ4v) is 2.78. The molecule has 17 heavy (non-hydrogen) atoms. The van der Waals surface area contributed by atoms with E-state index in [0.717, 1.165) is 45.1 Å². The highest BCUT2D eigenvalue weighted by Gasteiger charge is 2.31. The number of aliphatic hydroxyl groups excluding tert-OH is 1. The van der Waals surface area contributed by atoms with E-state index in [-0.39, 0.29) is 12.0 Å². The van der Waals surface area contributed by atoms with Gasteiger partial charge in [-0.05, 0) is 44.6 Å². The summed E-state index contributed by atoms with van der Waals surface area (Å²) in [5, 5.41) is 13.1. The maximum Gasteiger partial charge on any atom is 0.0501 e. The Hall–Kier alpha value is -0.380. The molecule has 0 radical (unpaired) electrons. The van der Waals surface area contributed by atoms with E-state index < -0.39 is 0 Å². The molecule has 0 spiro atoms. The SMILES string of the molecule is OCC1(CNC[C@@H]2CC=CCC2)CCOCC1. The minimum Gasteiger partial charge on any atom is -0.396 e. The zero-order valence-corrected chi connectivity index (χ0v) is 10.7. The first-order chi connectivity index (χ1) is 8.35. The van der Waals surface area contributed by atoms with Crippen LogP contribution in [0, 0.1) is 11.3 Å². The number of aliphatic hydroxyl groups is 1. The van der Waals surface area contributed by atoms with Crippen LogP contribution < -0.4 is 5.32 Å². The van der Waals surface area contributed by atoms with Crippen molar-refractivity contribution in [2.75, 3.05) is 32.9 Å². The van der Waals surface area contributed by atoms with Gasteiger partial charge < -0.3 is 15.2 Å². The third kappa shape index (κ3) is 3.80. The summed E-state index contributed by atoms with van der Waals surface area (Å²) in [7, 11) is 0. The monoisotopic (exact) mass is 239 g/mol. The van der Waals surface area contributed by atoms with Gasteiger partial charge in [0, 0.05) is 25.2 Å². The van der Waals surface area contributed by atoms with Crippen molar-refractivity contribution in [1.29, 1.82) is 0 Å². The Morgan fingerprint density at radius 3 is 2.76 bits per heavy atom. The molecule has 1 saturated heterocycles. The molecule has 0 saturated carbocycles. The molecule has 98 valence electrons. The van der Waals surface area contributed by atoms with Gasteiger partial charge in [-0.1, -0.05) is 12.2 Å². The summed E-state index contributed by atoms with van der Waals surface area (Å²) >= 11 is 0. The largest absolute Gasteiger partial charge is 0.396 e. The molecule has 0 amide bonds. The first-order valence-electron chi connectivity index (χ1n) is 6.89. The van der Waals surface area contributed by atoms with E-state index in [9.17, 15) is 5.11 Å². The molecule has 1 aliphatic heterocycles. The lowest BCUT2D eigenvalue weighted by Gasteiger charge is -2.36. The Morgan fingerprint density at radius 2 is 2.12 bits per heavy atom. The molecule has 2 N–H and O–H groups in total. The van der Waals surface area contributed by atoms with Gasteiger partial charge in [-0.2, -0.15) is 0 Å². The van der Waals surface area contributed by atoms with Crippen LogP contribution in [0.25, 0.3) is 0 Å². The van der Waals surface area contributed by atoms with E-state index in [4.69, 9.17) is 4.74 Å². The lowest BCUT2D eigenvalue weighted by molar-refractivity contribution is -0.0156. The third-order valence-electron chi connectivity index (χ3n) is 4.20. The van der Waals surface area contributed by atoms with E-state index in [1.165, 1.54) is 19.3 Å². The van der Waals surface area contributed by atoms with Crippen LogP contribution in [0.3, 0.4) is 0 Å². The van der Waals surface area contributed by atoms with Gasteiger partial charge >= 0.3 is 0 Å². The Morgan fingerprint density at radius 1 is 1.29 bits per heavy atom. The Bertz CT molecular complexity index is 247. The van der Waals surface area contributed by atoms with Crippen molar-refractivity contribution in [1.82, 2.24) is 5.32 Å². The van der Waals surface area contributed by atoms with Gasteiger partial charge in [0.2, 0.25) is 0 Å². The van der Waals surface area contributed by atoms with Crippen molar-refractivity contribution in [2.24, 2.45) is 11.3 Å². The minimum absolute atomic E-state index is 0.0722. The predicted molar refractivity (Wildman–Crippen MR) is 68.9 cm³/mol. The number of allylic oxidation sites excluding steroid dienone is 2. The summed E-state index contributed by atoms with van der Waals surface area (Å²) in [5.74, 6) is 0.788. The van der Waals surface area contributed by atoms with Crippen LogP contribution >= 0.6 is 0 Å². The third-order valence-corrected chi connectivity index (χ3v) is 4.20. The first-order valence-corrected chi connectivity index (χ1v) is 6.89. The molecule has 0 unspecified atom stereocenters. The summed E-state index contributed by atoms with van der Waals surface area (Å²) in [6.07, 6.45) is 10.3. The van der Waals surface area contributed by atoms with Crippen molar-refractivity contribution in [3.63, 3.8) is 0 Å². The quantitative estimate of drug-likeness (QED) is 0.718. The lowest BCUT2D eigenvalue weighted by Crippen LogP contribution is -2.43. The maximum absolute atomic E-state index is 9.57. The molecular formula is C14H25NO2. The molecule has 0 aromatic rings. The van der Waals surface area contributed by atoms with Crippen LogP contribution in [0.5, 0.6) is 0 Å². The molecule has 1 heterocycles. The summed E-state index contributed by atoms with van der Waals surface area (Å²) in [6, 6.07) is 0. The molecule has 2 rings (SSSR count). The second-order valence-electron chi connectivity index (χ2n) is 5.55. The molecule has 0 aromatic carbocycles. The number of hydrogen-bond acceptors (Lipinski definition) is 3. The average molecular weight is 239 g/mol. The minimum atomic E-state index is 0.0722. The summed E-state index contributed by atoms with van der Waals surface area (Å²) in [6.45, 7) is 3.91. The van der Waals surface area contributed by atoms with Crippen molar-refractivity contribution in [3.8, 4) is 0 Å². The number of hydrogen-bond donors (Lipinski definition) is 2. The lowest BCUT2D eigenvalue weighted by atomic mass is 9.81. The van der Waals surface area contributed by atoms with E-state index in [1.54, 1.807) is 0 Å². The zero-order valence-electron chi connectivity index (χ0n) is 10.7. The van der Waals surface area contributed by atoms with Crippen molar-refractivity contribution >= 4 is 0 Å². The fourth-order valence-electron chi connectivity index (χ4n) is 2.78. The topological polar surface area (TPSA) is 41.5 Å². The average Bonchev–Trinajstić information content (AvgIpc) is 2.41. The standard InChI is InChI=1S/C14H25NO2/c16-12-14(6-8-17-9-7-14)11-15-10-13-4-2-1-3-5-13/h1-2,13,15-16H,3-12H2/t13-/m1/s1. The molecule has 0 aromatic heterocycles. The van der Waals surface area contributed by atoms with Crippen LogP contribution in [0.2, 0.25) is 0 Å². The molecule has 1 fully saturated rings. The Kier molecular flexibility index (Phi) is 5.01. The van der Waals surface area contributed by atoms with Gasteiger partial charge in [0.1, 0.15) is 0 Å². The van der Waals surface area contributed by atoms with Crippen LogP contribution in [0.15, 0.2) is 12.2 Å². The highest BCUT2D eigenvalue weighted by Crippen LogP contribution is 2.29. The first kappa shape index (κ1) is 13.1. The summed E-state index contributed by atoms with van der Waals surface area (Å²) in [4.78, 5) is 0. The second-order valence-corrected chi connectivity index (χ2v) is 5.55. The summed E-state index contributed by atoms with van der Waals surface area (Å²) in [5.41, 5.74) is 0.0722. The fraction of sp³-hybridized carbons (Fsp3) is 0.857. The smallest absolute Gasteiger partial charge is 0.0501 e. The predicted octanol–water partition coefficient (Wildman–Crippen LogP) is 1.72. The zero-order chi connectivity index (χ0) is 12.0. The van der Waals surface area contributed by atoms with E-state index in [2.05, 4.69) is 17.5 Å². The van der Waals surface area contributed by atoms with Crippen molar-refractivity contribution in [2.45, 2.75) is 32.1 Å². The Balaban J connectivity index is 1.70. The molecule has 1 atom stereocenters. The van der Waals surface area contributed by atoms with Crippen LogP contribution in [0.1, 0.15) is 32.1 Å². The molecular weight excluding hydrogens is 214 g/mol. The van der Waals surface area contributed by atoms with Gasteiger partial charge in [-0.25, -0.2) is 0 Å². The van der Waals surface area contributed by atoms with Crippen LogP contribution in [0.4, 0.5) is 0 Å². The second kappa shape index (κ2) is 6.53. The molecule has 2 aliphatic rings.